The third-order valence-electron chi connectivity index (χ3n) is 2.97. The molecule has 1 aliphatic carbocycles. The highest BCUT2D eigenvalue weighted by Gasteiger charge is 2.20. The van der Waals surface area contributed by atoms with Crippen molar-refractivity contribution in [3.63, 3.8) is 0 Å². The molecule has 0 aromatic carbocycles. The Kier molecular flexibility index (Phi) is 5.97. The zero-order valence-corrected chi connectivity index (χ0v) is 10.8. The number of rotatable bonds is 8. The molecular formula is C12H23N3O2. The lowest BCUT2D eigenvalue weighted by Crippen LogP contribution is -2.42. The van der Waals surface area contributed by atoms with E-state index in [0.29, 0.717) is 19.6 Å². The van der Waals surface area contributed by atoms with Crippen molar-refractivity contribution < 1.29 is 9.59 Å². The van der Waals surface area contributed by atoms with E-state index < -0.39 is 0 Å². The van der Waals surface area contributed by atoms with E-state index in [1.807, 2.05) is 13.8 Å². The van der Waals surface area contributed by atoms with Crippen LogP contribution in [0, 0.1) is 5.92 Å². The first-order valence-electron chi connectivity index (χ1n) is 6.42. The molecule has 2 amide bonds. The van der Waals surface area contributed by atoms with E-state index in [4.69, 9.17) is 0 Å². The molecule has 1 rings (SSSR count). The number of hydrogen-bond acceptors (Lipinski definition) is 3. The van der Waals surface area contributed by atoms with Gasteiger partial charge in [-0.15, -0.1) is 0 Å². The minimum Gasteiger partial charge on any atom is -0.346 e. The monoisotopic (exact) mass is 241 g/mol. The summed E-state index contributed by atoms with van der Waals surface area (Å²) < 4.78 is 0. The van der Waals surface area contributed by atoms with Crippen LogP contribution in [0.25, 0.3) is 0 Å². The Morgan fingerprint density at radius 2 is 1.82 bits per heavy atom. The Labute approximate surface area is 103 Å². The van der Waals surface area contributed by atoms with Crippen LogP contribution in [0.15, 0.2) is 0 Å². The Morgan fingerprint density at radius 3 is 2.35 bits per heavy atom. The van der Waals surface area contributed by atoms with Crippen molar-refractivity contribution in [1.29, 1.82) is 0 Å². The van der Waals surface area contributed by atoms with Crippen molar-refractivity contribution in [3.05, 3.63) is 0 Å². The fourth-order valence-electron chi connectivity index (χ4n) is 1.64. The number of carbonyl (C=O) groups excluding carboxylic acids is 2. The number of likely N-dealkylation sites (N-methyl/N-ethyl adjacent to an activating group) is 1. The van der Waals surface area contributed by atoms with E-state index in [0.717, 1.165) is 12.5 Å². The fourth-order valence-corrected chi connectivity index (χ4v) is 1.64. The van der Waals surface area contributed by atoms with Gasteiger partial charge in [-0.3, -0.25) is 9.59 Å². The lowest BCUT2D eigenvalue weighted by atomic mass is 10.4. The van der Waals surface area contributed by atoms with Gasteiger partial charge >= 0.3 is 0 Å². The number of carbonyl (C=O) groups is 2. The highest BCUT2D eigenvalue weighted by Crippen LogP contribution is 2.27. The first-order valence-corrected chi connectivity index (χ1v) is 6.42. The smallest absolute Gasteiger partial charge is 0.241 e. The van der Waals surface area contributed by atoms with Gasteiger partial charge in [-0.05, 0) is 39.2 Å². The van der Waals surface area contributed by atoms with Crippen molar-refractivity contribution in [3.8, 4) is 0 Å². The van der Waals surface area contributed by atoms with Crippen LogP contribution < -0.4 is 10.6 Å². The minimum atomic E-state index is -0.105. The maximum absolute atomic E-state index is 11.6. The van der Waals surface area contributed by atoms with Crippen LogP contribution in [0.2, 0.25) is 0 Å². The predicted molar refractivity (Wildman–Crippen MR) is 66.5 cm³/mol. The van der Waals surface area contributed by atoms with Gasteiger partial charge in [-0.2, -0.15) is 0 Å². The molecule has 0 aliphatic heterocycles. The topological polar surface area (TPSA) is 61.4 Å². The third kappa shape index (κ3) is 5.68. The molecule has 1 fully saturated rings. The second-order valence-corrected chi connectivity index (χ2v) is 4.42. The molecule has 1 saturated carbocycles. The summed E-state index contributed by atoms with van der Waals surface area (Å²) in [6.45, 7) is 6.56. The van der Waals surface area contributed by atoms with Gasteiger partial charge in [0, 0.05) is 13.1 Å². The van der Waals surface area contributed by atoms with Crippen LogP contribution in [-0.4, -0.2) is 49.4 Å². The predicted octanol–water partition coefficient (Wildman–Crippen LogP) is -0.0294. The molecule has 0 heterocycles. The van der Waals surface area contributed by atoms with Gasteiger partial charge in [0.05, 0.1) is 13.1 Å². The molecule has 0 unspecified atom stereocenters. The summed E-state index contributed by atoms with van der Waals surface area (Å²) in [7, 11) is 0. The number of hydrogen-bond donors (Lipinski definition) is 2. The fraction of sp³-hybridized carbons (Fsp3) is 0.833. The Hall–Kier alpha value is -1.10. The van der Waals surface area contributed by atoms with Crippen LogP contribution in [0.4, 0.5) is 0 Å². The molecule has 0 aromatic heterocycles. The van der Waals surface area contributed by atoms with Crippen molar-refractivity contribution in [2.24, 2.45) is 5.92 Å². The largest absolute Gasteiger partial charge is 0.346 e. The van der Waals surface area contributed by atoms with E-state index in [1.165, 1.54) is 12.8 Å². The summed E-state index contributed by atoms with van der Waals surface area (Å²) in [4.78, 5) is 24.7. The van der Waals surface area contributed by atoms with Gasteiger partial charge < -0.3 is 15.5 Å². The SMILES string of the molecule is CCN(CC)C(=O)CNC(=O)CNCC1CC1. The molecule has 5 heteroatoms. The van der Waals surface area contributed by atoms with Crippen molar-refractivity contribution in [2.45, 2.75) is 26.7 Å². The van der Waals surface area contributed by atoms with Gasteiger partial charge in [0.1, 0.15) is 0 Å². The summed E-state index contributed by atoms with van der Waals surface area (Å²) in [5, 5.41) is 5.72. The minimum absolute atomic E-state index is 0.0226. The molecule has 1 aliphatic rings. The summed E-state index contributed by atoms with van der Waals surface area (Å²) in [6.07, 6.45) is 2.55. The average Bonchev–Trinajstić information content (AvgIpc) is 3.12. The van der Waals surface area contributed by atoms with E-state index >= 15 is 0 Å². The zero-order valence-electron chi connectivity index (χ0n) is 10.8. The normalized spacial score (nSPS) is 14.5. The quantitative estimate of drug-likeness (QED) is 0.627. The van der Waals surface area contributed by atoms with Crippen LogP contribution in [0.3, 0.4) is 0 Å². The number of nitrogens with zero attached hydrogens (tertiary/aromatic N) is 1. The number of amides is 2. The maximum Gasteiger partial charge on any atom is 0.241 e. The second-order valence-electron chi connectivity index (χ2n) is 4.42. The van der Waals surface area contributed by atoms with Gasteiger partial charge in [-0.1, -0.05) is 0 Å². The summed E-state index contributed by atoms with van der Waals surface area (Å²) in [5.41, 5.74) is 0. The van der Waals surface area contributed by atoms with Gasteiger partial charge in [0.15, 0.2) is 0 Å². The Morgan fingerprint density at radius 1 is 1.18 bits per heavy atom. The van der Waals surface area contributed by atoms with E-state index in [1.54, 1.807) is 4.90 Å². The van der Waals surface area contributed by atoms with Crippen molar-refractivity contribution in [2.75, 3.05) is 32.7 Å². The molecule has 98 valence electrons. The second kappa shape index (κ2) is 7.27. The molecule has 0 saturated heterocycles. The Bertz CT molecular complexity index is 260. The lowest BCUT2D eigenvalue weighted by Gasteiger charge is -2.18. The Balaban J connectivity index is 2.06. The number of nitrogens with one attached hydrogen (secondary N) is 2. The molecule has 5 nitrogen and oxygen atoms in total. The molecule has 0 bridgehead atoms. The van der Waals surface area contributed by atoms with Gasteiger partial charge in [0.25, 0.3) is 0 Å². The first-order chi connectivity index (χ1) is 8.17. The first kappa shape index (κ1) is 14.0. The average molecular weight is 241 g/mol. The lowest BCUT2D eigenvalue weighted by molar-refractivity contribution is -0.132. The molecule has 2 N–H and O–H groups in total. The van der Waals surface area contributed by atoms with Crippen LogP contribution in [0.5, 0.6) is 0 Å². The van der Waals surface area contributed by atoms with Gasteiger partial charge in [-0.25, -0.2) is 0 Å². The standard InChI is InChI=1S/C12H23N3O2/c1-3-15(4-2)12(17)9-14-11(16)8-13-7-10-5-6-10/h10,13H,3-9H2,1-2H3,(H,14,16). The van der Waals surface area contributed by atoms with E-state index in [-0.39, 0.29) is 18.4 Å². The van der Waals surface area contributed by atoms with Crippen molar-refractivity contribution >= 4 is 11.8 Å². The molecule has 0 aromatic rings. The molecule has 0 spiro atoms. The highest BCUT2D eigenvalue weighted by molar-refractivity contribution is 5.85. The van der Waals surface area contributed by atoms with Crippen LogP contribution >= 0.6 is 0 Å². The highest BCUT2D eigenvalue weighted by atomic mass is 16.2. The van der Waals surface area contributed by atoms with Crippen LogP contribution in [-0.2, 0) is 9.59 Å². The van der Waals surface area contributed by atoms with Crippen molar-refractivity contribution in [1.82, 2.24) is 15.5 Å². The zero-order chi connectivity index (χ0) is 12.7. The summed E-state index contributed by atoms with van der Waals surface area (Å²) in [5.74, 6) is 0.636. The van der Waals surface area contributed by atoms with Crippen LogP contribution in [0.1, 0.15) is 26.7 Å². The molecule has 17 heavy (non-hydrogen) atoms. The van der Waals surface area contributed by atoms with E-state index in [9.17, 15) is 9.59 Å². The molecular weight excluding hydrogens is 218 g/mol. The molecule has 0 radical (unpaired) electrons. The third-order valence-corrected chi connectivity index (χ3v) is 2.97. The summed E-state index contributed by atoms with van der Waals surface area (Å²) >= 11 is 0. The maximum atomic E-state index is 11.6. The van der Waals surface area contributed by atoms with Gasteiger partial charge in [0.2, 0.25) is 11.8 Å². The van der Waals surface area contributed by atoms with E-state index in [2.05, 4.69) is 10.6 Å². The summed E-state index contributed by atoms with van der Waals surface area (Å²) in [6, 6.07) is 0. The molecule has 0 atom stereocenters.